The number of thiophene rings is 1. The highest BCUT2D eigenvalue weighted by Crippen LogP contribution is 2.51. The van der Waals surface area contributed by atoms with Crippen molar-refractivity contribution in [1.82, 2.24) is 5.32 Å². The number of nitrogens with one attached hydrogen (secondary N) is 1. The van der Waals surface area contributed by atoms with Crippen LogP contribution in [0.1, 0.15) is 45.4 Å². The normalized spacial score (nSPS) is 27.8. The highest BCUT2D eigenvalue weighted by atomic mass is 32.1. The van der Waals surface area contributed by atoms with Gasteiger partial charge in [-0.15, -0.1) is 11.3 Å². The van der Waals surface area contributed by atoms with E-state index in [1.54, 1.807) is 4.88 Å². The lowest BCUT2D eigenvalue weighted by Gasteiger charge is -2.49. The van der Waals surface area contributed by atoms with Crippen LogP contribution in [0.25, 0.3) is 0 Å². The lowest BCUT2D eigenvalue weighted by molar-refractivity contribution is 0.100. The first-order valence-electron chi connectivity index (χ1n) is 7.28. The van der Waals surface area contributed by atoms with Gasteiger partial charge in [0.15, 0.2) is 0 Å². The van der Waals surface area contributed by atoms with Gasteiger partial charge in [-0.3, -0.25) is 0 Å². The molecule has 1 saturated carbocycles. The molecule has 1 aromatic rings. The van der Waals surface area contributed by atoms with Crippen molar-refractivity contribution in [2.45, 2.75) is 46.0 Å². The summed E-state index contributed by atoms with van der Waals surface area (Å²) in [6.45, 7) is 11.6. The van der Waals surface area contributed by atoms with E-state index in [1.165, 1.54) is 12.8 Å². The smallest absolute Gasteiger partial charge is 0.0177 e. The Balaban J connectivity index is 1.98. The van der Waals surface area contributed by atoms with Crippen LogP contribution in [0.15, 0.2) is 17.5 Å². The molecule has 1 aromatic heterocycles. The van der Waals surface area contributed by atoms with Crippen molar-refractivity contribution in [2.24, 2.45) is 17.8 Å². The molecule has 0 aromatic carbocycles. The highest BCUT2D eigenvalue weighted by molar-refractivity contribution is 7.10. The molecule has 1 fully saturated rings. The molecule has 0 saturated heterocycles. The molecule has 1 aliphatic carbocycles. The van der Waals surface area contributed by atoms with E-state index in [9.17, 15) is 0 Å². The van der Waals surface area contributed by atoms with E-state index in [2.05, 4.69) is 50.5 Å². The Hall–Kier alpha value is -0.340. The summed E-state index contributed by atoms with van der Waals surface area (Å²) >= 11 is 1.94. The fourth-order valence-corrected chi connectivity index (χ4v) is 3.98. The van der Waals surface area contributed by atoms with Gasteiger partial charge in [0.2, 0.25) is 0 Å². The van der Waals surface area contributed by atoms with E-state index in [0.29, 0.717) is 5.41 Å². The van der Waals surface area contributed by atoms with Crippen molar-refractivity contribution in [2.75, 3.05) is 13.1 Å². The van der Waals surface area contributed by atoms with Crippen molar-refractivity contribution >= 4 is 11.3 Å². The SMILES string of the molecule is CC(C)CNCC1(c2cccs2)CC(C(C)C)C1. The van der Waals surface area contributed by atoms with Gasteiger partial charge in [-0.05, 0) is 48.6 Å². The molecule has 0 aliphatic heterocycles. The maximum absolute atomic E-state index is 3.68. The maximum Gasteiger partial charge on any atom is 0.0177 e. The monoisotopic (exact) mass is 265 g/mol. The summed E-state index contributed by atoms with van der Waals surface area (Å²) in [6, 6.07) is 4.53. The molecule has 0 amide bonds. The van der Waals surface area contributed by atoms with E-state index in [1.807, 2.05) is 11.3 Å². The van der Waals surface area contributed by atoms with E-state index < -0.39 is 0 Å². The van der Waals surface area contributed by atoms with E-state index >= 15 is 0 Å². The lowest BCUT2D eigenvalue weighted by Crippen LogP contribution is -2.50. The van der Waals surface area contributed by atoms with Crippen LogP contribution in [0, 0.1) is 17.8 Å². The average molecular weight is 265 g/mol. The minimum absolute atomic E-state index is 0.442. The minimum atomic E-state index is 0.442. The Kier molecular flexibility index (Phi) is 4.50. The molecule has 0 atom stereocenters. The van der Waals surface area contributed by atoms with Crippen LogP contribution < -0.4 is 5.32 Å². The molecule has 2 heteroatoms. The number of hydrogen-bond donors (Lipinski definition) is 1. The largest absolute Gasteiger partial charge is 0.316 e. The Labute approximate surface area is 116 Å². The summed E-state index contributed by atoms with van der Waals surface area (Å²) < 4.78 is 0. The first kappa shape index (κ1) is 14.1. The van der Waals surface area contributed by atoms with Crippen molar-refractivity contribution in [1.29, 1.82) is 0 Å². The van der Waals surface area contributed by atoms with Gasteiger partial charge in [0.25, 0.3) is 0 Å². The van der Waals surface area contributed by atoms with E-state index in [4.69, 9.17) is 0 Å². The molecule has 0 bridgehead atoms. The first-order valence-corrected chi connectivity index (χ1v) is 8.16. The maximum atomic E-state index is 3.68. The fraction of sp³-hybridized carbons (Fsp3) is 0.750. The van der Waals surface area contributed by atoms with Gasteiger partial charge in [-0.25, -0.2) is 0 Å². The molecule has 1 nitrogen and oxygen atoms in total. The topological polar surface area (TPSA) is 12.0 Å². The second kappa shape index (κ2) is 5.75. The second-order valence-corrected chi connectivity index (χ2v) is 7.64. The summed E-state index contributed by atoms with van der Waals surface area (Å²) in [4.78, 5) is 1.59. The van der Waals surface area contributed by atoms with Crippen LogP contribution >= 0.6 is 11.3 Å². The standard InChI is InChI=1S/C16H27NS/c1-12(2)10-17-11-16(15-6-5-7-18-15)8-14(9-16)13(3)4/h5-7,12-14,17H,8-11H2,1-4H3. The van der Waals surface area contributed by atoms with Gasteiger partial charge >= 0.3 is 0 Å². The zero-order valence-corrected chi connectivity index (χ0v) is 13.0. The van der Waals surface area contributed by atoms with Gasteiger partial charge in [0, 0.05) is 16.8 Å². The quantitative estimate of drug-likeness (QED) is 0.808. The molecular weight excluding hydrogens is 238 g/mol. The predicted octanol–water partition coefficient (Wildman–Crippen LogP) is 4.30. The molecule has 1 aliphatic rings. The zero-order chi connectivity index (χ0) is 13.2. The average Bonchev–Trinajstić information content (AvgIpc) is 2.73. The van der Waals surface area contributed by atoms with Gasteiger partial charge in [-0.1, -0.05) is 33.8 Å². The highest BCUT2D eigenvalue weighted by Gasteiger charge is 2.46. The molecule has 0 spiro atoms. The molecule has 18 heavy (non-hydrogen) atoms. The summed E-state index contributed by atoms with van der Waals surface area (Å²) in [6.07, 6.45) is 2.74. The summed E-state index contributed by atoms with van der Waals surface area (Å²) in [7, 11) is 0. The Morgan fingerprint density at radius 2 is 2.06 bits per heavy atom. The lowest BCUT2D eigenvalue weighted by atomic mass is 9.58. The zero-order valence-electron chi connectivity index (χ0n) is 12.2. The van der Waals surface area contributed by atoms with Gasteiger partial charge in [0.05, 0.1) is 0 Å². The Morgan fingerprint density at radius 3 is 2.56 bits per heavy atom. The third kappa shape index (κ3) is 2.97. The van der Waals surface area contributed by atoms with Gasteiger partial charge in [0.1, 0.15) is 0 Å². The van der Waals surface area contributed by atoms with Crippen molar-refractivity contribution in [3.8, 4) is 0 Å². The van der Waals surface area contributed by atoms with E-state index in [-0.39, 0.29) is 0 Å². The Bertz CT molecular complexity index is 347. The van der Waals surface area contributed by atoms with Crippen LogP contribution in [0.5, 0.6) is 0 Å². The fourth-order valence-electron chi connectivity index (χ4n) is 3.03. The van der Waals surface area contributed by atoms with Crippen molar-refractivity contribution in [3.05, 3.63) is 22.4 Å². The molecule has 1 heterocycles. The third-order valence-corrected chi connectivity index (χ3v) is 5.42. The molecule has 0 radical (unpaired) electrons. The third-order valence-electron chi connectivity index (χ3n) is 4.31. The molecule has 2 rings (SSSR count). The first-order chi connectivity index (χ1) is 8.53. The van der Waals surface area contributed by atoms with Gasteiger partial charge in [-0.2, -0.15) is 0 Å². The summed E-state index contributed by atoms with van der Waals surface area (Å²) in [5.74, 6) is 2.50. The van der Waals surface area contributed by atoms with Crippen LogP contribution in [-0.2, 0) is 5.41 Å². The predicted molar refractivity (Wildman–Crippen MR) is 81.3 cm³/mol. The van der Waals surface area contributed by atoms with Gasteiger partial charge < -0.3 is 5.32 Å². The minimum Gasteiger partial charge on any atom is -0.316 e. The van der Waals surface area contributed by atoms with Crippen molar-refractivity contribution in [3.63, 3.8) is 0 Å². The summed E-state index contributed by atoms with van der Waals surface area (Å²) in [5, 5.41) is 5.91. The van der Waals surface area contributed by atoms with Crippen LogP contribution in [0.4, 0.5) is 0 Å². The Morgan fingerprint density at radius 1 is 1.33 bits per heavy atom. The second-order valence-electron chi connectivity index (χ2n) is 6.69. The van der Waals surface area contributed by atoms with Crippen LogP contribution in [0.2, 0.25) is 0 Å². The summed E-state index contributed by atoms with van der Waals surface area (Å²) in [5.41, 5.74) is 0.442. The number of hydrogen-bond acceptors (Lipinski definition) is 2. The molecular formula is C16H27NS. The number of rotatable bonds is 6. The molecule has 1 N–H and O–H groups in total. The van der Waals surface area contributed by atoms with Crippen molar-refractivity contribution < 1.29 is 0 Å². The molecule has 102 valence electrons. The van der Waals surface area contributed by atoms with Crippen LogP contribution in [-0.4, -0.2) is 13.1 Å². The van der Waals surface area contributed by atoms with E-state index in [0.717, 1.165) is 30.8 Å². The van der Waals surface area contributed by atoms with Crippen LogP contribution in [0.3, 0.4) is 0 Å². The molecule has 0 unspecified atom stereocenters.